The van der Waals surface area contributed by atoms with E-state index in [0.717, 1.165) is 34.0 Å². The first-order chi connectivity index (χ1) is 33.3. The van der Waals surface area contributed by atoms with Crippen molar-refractivity contribution in [1.29, 1.82) is 0 Å². The lowest BCUT2D eigenvalue weighted by molar-refractivity contribution is 0.195. The van der Waals surface area contributed by atoms with Gasteiger partial charge in [-0.15, -0.1) is 11.3 Å². The predicted molar refractivity (Wildman–Crippen MR) is 302 cm³/mol. The third-order valence-corrected chi connectivity index (χ3v) is 18.9. The first-order valence-corrected chi connectivity index (χ1v) is 26.7. The number of thiophene rings is 1. The molecule has 1 fully saturated rings. The molecule has 0 spiro atoms. The zero-order valence-electron chi connectivity index (χ0n) is 42.7. The van der Waals surface area contributed by atoms with E-state index in [1.54, 1.807) is 0 Å². The standard InChI is InChI=1S/C64H62BN3OS/c1-60(2,3)37-25-28-48-45(32-37)63(10)29-16-17-30-64(63,11)68(48)40-26-27-46-50(36-40)66(49-22-18-21-42-41-19-12-14-23-53(41)69-58(42)49)51-34-39(62(7,8)9)35-52-56(51)65(46)47-33-38(61(4,5)6)31-44-55-43-20-13-15-24-54(43)70-59(55)67(52)57(44)47/h12-15,18-28,31-36H,16-17,29-30H2,1-11H3. The van der Waals surface area contributed by atoms with Crippen molar-refractivity contribution in [2.45, 2.75) is 129 Å². The maximum atomic E-state index is 7.06. The Morgan fingerprint density at radius 1 is 0.557 bits per heavy atom. The maximum absolute atomic E-state index is 7.06. The molecule has 2 unspecified atom stereocenters. The Balaban J connectivity index is 1.13. The minimum atomic E-state index is -0.132. The third-order valence-electron chi connectivity index (χ3n) is 17.8. The topological polar surface area (TPSA) is 24.6 Å². The van der Waals surface area contributed by atoms with Gasteiger partial charge >= 0.3 is 0 Å². The van der Waals surface area contributed by atoms with Crippen LogP contribution in [0.25, 0.3) is 58.8 Å². The van der Waals surface area contributed by atoms with Gasteiger partial charge in [-0.1, -0.05) is 155 Å². The average Bonchev–Trinajstić information content (AvgIpc) is 4.04. The van der Waals surface area contributed by atoms with Crippen LogP contribution >= 0.6 is 11.3 Å². The van der Waals surface area contributed by atoms with E-state index < -0.39 is 0 Å². The second kappa shape index (κ2) is 13.8. The summed E-state index contributed by atoms with van der Waals surface area (Å²) in [5, 5.41) is 6.37. The monoisotopic (exact) mass is 931 g/mol. The summed E-state index contributed by atoms with van der Waals surface area (Å²) in [7, 11) is 0. The number of rotatable bonds is 2. The number of para-hydroxylation sites is 2. The Hall–Kier alpha value is -6.24. The van der Waals surface area contributed by atoms with Crippen molar-refractivity contribution in [2.75, 3.05) is 9.80 Å². The van der Waals surface area contributed by atoms with Crippen molar-refractivity contribution in [3.63, 3.8) is 0 Å². The van der Waals surface area contributed by atoms with Crippen LogP contribution in [0.1, 0.15) is 124 Å². The van der Waals surface area contributed by atoms with E-state index in [2.05, 4.69) is 218 Å². The molecule has 1 aliphatic carbocycles. The van der Waals surface area contributed by atoms with Crippen LogP contribution in [0, 0.1) is 0 Å². The molecule has 6 heterocycles. The number of fused-ring (bicyclic) bond motifs is 15. The number of hydrogen-bond donors (Lipinski definition) is 0. The van der Waals surface area contributed by atoms with Gasteiger partial charge in [-0.25, -0.2) is 0 Å². The summed E-state index contributed by atoms with van der Waals surface area (Å²) in [6, 6.07) is 49.7. The van der Waals surface area contributed by atoms with Gasteiger partial charge in [0, 0.05) is 65.5 Å². The van der Waals surface area contributed by atoms with Gasteiger partial charge in [0.15, 0.2) is 5.58 Å². The lowest BCUT2D eigenvalue weighted by Crippen LogP contribution is -2.61. The molecular weight excluding hydrogens is 870 g/mol. The van der Waals surface area contributed by atoms with Gasteiger partial charge in [-0.05, 0) is 129 Å². The molecule has 10 aromatic rings. The normalized spacial score (nSPS) is 19.7. The maximum Gasteiger partial charge on any atom is 0.252 e. The van der Waals surface area contributed by atoms with E-state index in [0.29, 0.717) is 0 Å². The molecule has 0 saturated heterocycles. The van der Waals surface area contributed by atoms with Crippen LogP contribution in [-0.4, -0.2) is 16.8 Å². The van der Waals surface area contributed by atoms with Crippen molar-refractivity contribution in [1.82, 2.24) is 4.57 Å². The fraction of sp³-hybridized carbons (Fsp3) is 0.312. The molecule has 6 heteroatoms. The van der Waals surface area contributed by atoms with Gasteiger partial charge in [0.2, 0.25) is 0 Å². The van der Waals surface area contributed by atoms with Gasteiger partial charge in [0.1, 0.15) is 10.4 Å². The fourth-order valence-electron chi connectivity index (χ4n) is 13.7. The zero-order chi connectivity index (χ0) is 48.2. The number of anilines is 5. The molecule has 348 valence electrons. The molecule has 0 bridgehead atoms. The highest BCUT2D eigenvalue weighted by Crippen LogP contribution is 2.62. The van der Waals surface area contributed by atoms with Gasteiger partial charge < -0.3 is 18.8 Å². The Bertz CT molecular complexity index is 3920. The van der Waals surface area contributed by atoms with Crippen LogP contribution in [0.3, 0.4) is 0 Å². The molecule has 70 heavy (non-hydrogen) atoms. The summed E-state index contributed by atoms with van der Waals surface area (Å²) in [5.74, 6) is 0. The number of hydrogen-bond acceptors (Lipinski definition) is 4. The van der Waals surface area contributed by atoms with E-state index in [-0.39, 0.29) is 33.9 Å². The van der Waals surface area contributed by atoms with Gasteiger partial charge in [-0.3, -0.25) is 0 Å². The van der Waals surface area contributed by atoms with E-state index >= 15 is 0 Å². The Kier molecular flexibility index (Phi) is 8.40. The van der Waals surface area contributed by atoms with Crippen molar-refractivity contribution < 1.29 is 4.42 Å². The molecule has 7 aromatic carbocycles. The summed E-state index contributed by atoms with van der Waals surface area (Å²) in [6.07, 6.45) is 4.82. The SMILES string of the molecule is CC(C)(C)c1cc2c3c(c1)-n1c4sc5ccccc5c4c4cc(C(C)(C)C)cc(c41)B3c1ccc(N3c4ccc(C(C)(C)C)cc4C4(C)CCCCC34C)cc1N2c1cccc2c1oc1ccccc12. The first kappa shape index (κ1) is 42.6. The Labute approximate surface area is 417 Å². The summed E-state index contributed by atoms with van der Waals surface area (Å²) in [4.78, 5) is 6.73. The summed E-state index contributed by atoms with van der Waals surface area (Å²) in [6.45, 7) is 26.5. The van der Waals surface area contributed by atoms with Crippen LogP contribution in [-0.2, 0) is 21.7 Å². The summed E-state index contributed by atoms with van der Waals surface area (Å²) in [5.41, 5.74) is 20.1. The quantitative estimate of drug-likeness (QED) is 0.161. The molecular formula is C64H62BN3OS. The van der Waals surface area contributed by atoms with Crippen LogP contribution in [0.15, 0.2) is 132 Å². The van der Waals surface area contributed by atoms with E-state index in [1.165, 1.54) is 118 Å². The minimum absolute atomic E-state index is 0.00231. The average molecular weight is 932 g/mol. The molecule has 4 nitrogen and oxygen atoms in total. The lowest BCUT2D eigenvalue weighted by Gasteiger charge is -2.50. The van der Waals surface area contributed by atoms with Crippen LogP contribution in [0.2, 0.25) is 0 Å². The molecule has 4 aliphatic rings. The number of benzene rings is 7. The Morgan fingerprint density at radius 3 is 2.04 bits per heavy atom. The number of furan rings is 1. The molecule has 0 N–H and O–H groups in total. The van der Waals surface area contributed by atoms with Crippen molar-refractivity contribution in [3.8, 4) is 5.69 Å². The van der Waals surface area contributed by atoms with E-state index in [9.17, 15) is 0 Å². The van der Waals surface area contributed by atoms with Crippen LogP contribution in [0.4, 0.5) is 28.4 Å². The van der Waals surface area contributed by atoms with E-state index in [1.807, 2.05) is 11.3 Å². The molecule has 14 rings (SSSR count). The highest BCUT2D eigenvalue weighted by atomic mass is 32.1. The summed E-state index contributed by atoms with van der Waals surface area (Å²) >= 11 is 1.94. The third kappa shape index (κ3) is 5.49. The smallest absolute Gasteiger partial charge is 0.252 e. The van der Waals surface area contributed by atoms with Gasteiger partial charge in [0.25, 0.3) is 6.71 Å². The van der Waals surface area contributed by atoms with Gasteiger partial charge in [0.05, 0.1) is 16.7 Å². The highest BCUT2D eigenvalue weighted by molar-refractivity contribution is 7.26. The van der Waals surface area contributed by atoms with Crippen molar-refractivity contribution in [2.24, 2.45) is 0 Å². The lowest BCUT2D eigenvalue weighted by atomic mass is 9.33. The predicted octanol–water partition coefficient (Wildman–Crippen LogP) is 16.1. The van der Waals surface area contributed by atoms with Crippen molar-refractivity contribution in [3.05, 3.63) is 150 Å². The second-order valence-corrected chi connectivity index (χ2v) is 25.9. The Morgan fingerprint density at radius 2 is 1.26 bits per heavy atom. The van der Waals surface area contributed by atoms with Crippen molar-refractivity contribution >= 4 is 116 Å². The molecule has 1 saturated carbocycles. The minimum Gasteiger partial charge on any atom is -0.454 e. The number of aromatic nitrogens is 1. The molecule has 3 aromatic heterocycles. The summed E-state index contributed by atoms with van der Waals surface area (Å²) < 4.78 is 11.1. The van der Waals surface area contributed by atoms with Gasteiger partial charge in [-0.2, -0.15) is 0 Å². The highest BCUT2D eigenvalue weighted by Gasteiger charge is 2.58. The molecule has 0 radical (unpaired) electrons. The molecule has 0 amide bonds. The largest absolute Gasteiger partial charge is 0.454 e. The molecule has 3 aliphatic heterocycles. The van der Waals surface area contributed by atoms with Crippen LogP contribution in [0.5, 0.6) is 0 Å². The van der Waals surface area contributed by atoms with Crippen LogP contribution < -0.4 is 26.2 Å². The zero-order valence-corrected chi connectivity index (χ0v) is 43.5. The first-order valence-electron chi connectivity index (χ1n) is 25.8. The number of nitrogens with zero attached hydrogens (tertiary/aromatic N) is 3. The fourth-order valence-corrected chi connectivity index (χ4v) is 15.0. The second-order valence-electron chi connectivity index (χ2n) is 24.9. The molecule has 2 atom stereocenters. The van der Waals surface area contributed by atoms with E-state index in [4.69, 9.17) is 4.42 Å².